The number of amides is 1. The van der Waals surface area contributed by atoms with Gasteiger partial charge in [0.05, 0.1) is 24.4 Å². The molecule has 0 saturated carbocycles. The summed E-state index contributed by atoms with van der Waals surface area (Å²) >= 11 is 0. The lowest BCUT2D eigenvalue weighted by Gasteiger charge is -2.42. The highest BCUT2D eigenvalue weighted by Crippen LogP contribution is 2.22. The van der Waals surface area contributed by atoms with Crippen LogP contribution in [0.3, 0.4) is 0 Å². The summed E-state index contributed by atoms with van der Waals surface area (Å²) in [5.41, 5.74) is 1.21. The first-order valence-corrected chi connectivity index (χ1v) is 9.61. The Labute approximate surface area is 166 Å². The van der Waals surface area contributed by atoms with E-state index in [2.05, 4.69) is 10.5 Å². The second-order valence-corrected chi connectivity index (χ2v) is 7.92. The fourth-order valence-corrected chi connectivity index (χ4v) is 3.27. The fraction of sp³-hybridized carbons (Fsp3) is 0.524. The van der Waals surface area contributed by atoms with Gasteiger partial charge in [0.25, 0.3) is 0 Å². The minimum absolute atomic E-state index is 0.236. The van der Waals surface area contributed by atoms with Gasteiger partial charge in [-0.1, -0.05) is 42.4 Å². The number of rotatable bonds is 9. The predicted molar refractivity (Wildman–Crippen MR) is 107 cm³/mol. The molecule has 0 aliphatic heterocycles. The van der Waals surface area contributed by atoms with Gasteiger partial charge in [0.2, 0.25) is 0 Å². The largest absolute Gasteiger partial charge is 0.465 e. The van der Waals surface area contributed by atoms with Crippen LogP contribution in [0.25, 0.3) is 0 Å². The number of carboxylic acid groups (broad SMARTS) is 1. The zero-order valence-electron chi connectivity index (χ0n) is 17.1. The Balaban J connectivity index is 2.10. The van der Waals surface area contributed by atoms with Gasteiger partial charge in [-0.25, -0.2) is 4.79 Å². The van der Waals surface area contributed by atoms with Crippen LogP contribution in [0.2, 0.25) is 0 Å². The Hall–Kier alpha value is -2.38. The van der Waals surface area contributed by atoms with Crippen LogP contribution in [-0.2, 0) is 19.4 Å². The predicted octanol–water partition coefficient (Wildman–Crippen LogP) is 3.08. The van der Waals surface area contributed by atoms with Crippen molar-refractivity contribution < 1.29 is 19.5 Å². The maximum atomic E-state index is 12.0. The van der Waals surface area contributed by atoms with E-state index in [1.165, 1.54) is 4.90 Å². The van der Waals surface area contributed by atoms with Gasteiger partial charge in [-0.15, -0.1) is 0 Å². The molecule has 2 aromatic rings. The van der Waals surface area contributed by atoms with Crippen molar-refractivity contribution in [1.82, 2.24) is 15.4 Å². The van der Waals surface area contributed by atoms with E-state index in [1.807, 2.05) is 64.1 Å². The maximum Gasteiger partial charge on any atom is 0.408 e. The number of aryl methyl sites for hydroxylation is 1. The third kappa shape index (κ3) is 6.07. The van der Waals surface area contributed by atoms with E-state index < -0.39 is 23.8 Å². The lowest BCUT2D eigenvalue weighted by molar-refractivity contribution is 0.00753. The molecule has 3 N–H and O–H groups in total. The van der Waals surface area contributed by atoms with Crippen LogP contribution in [0.15, 0.2) is 40.9 Å². The Kier molecular flexibility index (Phi) is 7.60. The number of aliphatic hydroxyl groups is 1. The van der Waals surface area contributed by atoms with E-state index in [-0.39, 0.29) is 6.54 Å². The minimum atomic E-state index is -1.05. The van der Waals surface area contributed by atoms with Gasteiger partial charge in [0.15, 0.2) is 5.76 Å². The summed E-state index contributed by atoms with van der Waals surface area (Å²) in [5, 5.41) is 27.8. The summed E-state index contributed by atoms with van der Waals surface area (Å²) < 4.78 is 5.23. The van der Waals surface area contributed by atoms with Crippen LogP contribution < -0.4 is 5.32 Å². The number of hydrogen-bond acceptors (Lipinski definition) is 5. The lowest BCUT2D eigenvalue weighted by atomic mass is 9.94. The Bertz CT molecular complexity index is 740. The number of benzene rings is 1. The van der Waals surface area contributed by atoms with Gasteiger partial charge in [0.1, 0.15) is 0 Å². The van der Waals surface area contributed by atoms with Crippen LogP contribution in [0.4, 0.5) is 4.79 Å². The molecule has 2 rings (SSSR count). The second kappa shape index (κ2) is 9.71. The molecule has 1 aromatic heterocycles. The molecule has 154 valence electrons. The van der Waals surface area contributed by atoms with Crippen LogP contribution in [-0.4, -0.2) is 50.6 Å². The molecule has 7 nitrogen and oxygen atoms in total. The third-order valence-corrected chi connectivity index (χ3v) is 4.61. The Morgan fingerprint density at radius 3 is 2.50 bits per heavy atom. The van der Waals surface area contributed by atoms with E-state index in [0.29, 0.717) is 18.7 Å². The van der Waals surface area contributed by atoms with Crippen LogP contribution >= 0.6 is 0 Å². The summed E-state index contributed by atoms with van der Waals surface area (Å²) in [6, 6.07) is 10.9. The summed E-state index contributed by atoms with van der Waals surface area (Å²) in [7, 11) is 0. The normalized spacial score (nSPS) is 13.9. The van der Waals surface area contributed by atoms with Gasteiger partial charge >= 0.3 is 6.09 Å². The van der Waals surface area contributed by atoms with Crippen molar-refractivity contribution in [3.63, 3.8) is 0 Å². The van der Waals surface area contributed by atoms with E-state index in [9.17, 15) is 15.0 Å². The monoisotopic (exact) mass is 389 g/mol. The van der Waals surface area contributed by atoms with E-state index in [0.717, 1.165) is 17.7 Å². The molecule has 0 unspecified atom stereocenters. The first kappa shape index (κ1) is 21.9. The molecule has 0 spiro atoms. The van der Waals surface area contributed by atoms with Crippen molar-refractivity contribution in [2.45, 2.75) is 64.8 Å². The topological polar surface area (TPSA) is 98.8 Å². The molecule has 0 aliphatic carbocycles. The van der Waals surface area contributed by atoms with Crippen LogP contribution in [0.1, 0.15) is 44.7 Å². The van der Waals surface area contributed by atoms with Crippen molar-refractivity contribution in [2.24, 2.45) is 0 Å². The van der Waals surface area contributed by atoms with E-state index >= 15 is 0 Å². The number of hydrogen-bond donors (Lipinski definition) is 3. The van der Waals surface area contributed by atoms with Gasteiger partial charge in [0, 0.05) is 18.2 Å². The first-order valence-electron chi connectivity index (χ1n) is 9.61. The number of carbonyl (C=O) groups is 1. The van der Waals surface area contributed by atoms with E-state index in [1.54, 1.807) is 0 Å². The van der Waals surface area contributed by atoms with Gasteiger partial charge in [-0.05, 0) is 39.2 Å². The molecule has 0 bridgehead atoms. The van der Waals surface area contributed by atoms with E-state index in [4.69, 9.17) is 4.52 Å². The quantitative estimate of drug-likeness (QED) is 0.610. The summed E-state index contributed by atoms with van der Waals surface area (Å²) in [6.45, 7) is 8.16. The zero-order chi connectivity index (χ0) is 20.7. The van der Waals surface area contributed by atoms with Crippen molar-refractivity contribution in [3.05, 3.63) is 53.4 Å². The number of aromatic nitrogens is 1. The van der Waals surface area contributed by atoms with Gasteiger partial charge < -0.3 is 20.1 Å². The van der Waals surface area contributed by atoms with Crippen molar-refractivity contribution in [2.75, 3.05) is 6.54 Å². The van der Waals surface area contributed by atoms with Crippen molar-refractivity contribution in [3.8, 4) is 0 Å². The molecule has 28 heavy (non-hydrogen) atoms. The number of nitrogens with one attached hydrogen (secondary N) is 1. The summed E-state index contributed by atoms with van der Waals surface area (Å²) in [5.74, 6) is 0.689. The Morgan fingerprint density at radius 1 is 1.29 bits per heavy atom. The molecular weight excluding hydrogens is 358 g/mol. The van der Waals surface area contributed by atoms with Crippen molar-refractivity contribution in [1.29, 1.82) is 0 Å². The average Bonchev–Trinajstić information content (AvgIpc) is 3.08. The lowest BCUT2D eigenvalue weighted by Crippen LogP contribution is -2.58. The molecular formula is C21H31N3O4. The maximum absolute atomic E-state index is 12.0. The highest BCUT2D eigenvalue weighted by atomic mass is 16.5. The standard InChI is InChI=1S/C21H31N3O4/c1-5-16-12-17(28-23-16)13-22-14-19(25)18(11-15-9-7-6-8-10-15)24(20(26)27)21(2,3)4/h6-10,12,18-19,22,25H,5,11,13-14H2,1-4H3,(H,26,27)/t18-,19+/m0/s1. The second-order valence-electron chi connectivity index (χ2n) is 7.92. The number of aliphatic hydroxyl groups excluding tert-OH is 1. The number of nitrogens with zero attached hydrogens (tertiary/aromatic N) is 2. The Morgan fingerprint density at radius 2 is 1.96 bits per heavy atom. The van der Waals surface area contributed by atoms with Gasteiger partial charge in [-0.3, -0.25) is 4.90 Å². The van der Waals surface area contributed by atoms with Crippen molar-refractivity contribution >= 4 is 6.09 Å². The molecule has 0 radical (unpaired) electrons. The molecule has 0 aliphatic rings. The first-order chi connectivity index (χ1) is 13.2. The SMILES string of the molecule is CCc1cc(CNC[C@@H](O)[C@H](Cc2ccccc2)N(C(=O)O)C(C)(C)C)on1. The molecule has 0 saturated heterocycles. The fourth-order valence-electron chi connectivity index (χ4n) is 3.27. The average molecular weight is 389 g/mol. The molecule has 2 atom stereocenters. The van der Waals surface area contributed by atoms with Crippen LogP contribution in [0, 0.1) is 0 Å². The molecule has 1 heterocycles. The molecule has 7 heteroatoms. The molecule has 1 aromatic carbocycles. The highest BCUT2D eigenvalue weighted by molar-refractivity contribution is 5.66. The summed E-state index contributed by atoms with van der Waals surface area (Å²) in [6.07, 6.45) is -0.709. The summed E-state index contributed by atoms with van der Waals surface area (Å²) in [4.78, 5) is 13.3. The highest BCUT2D eigenvalue weighted by Gasteiger charge is 2.37. The smallest absolute Gasteiger partial charge is 0.408 e. The van der Waals surface area contributed by atoms with Crippen LogP contribution in [0.5, 0.6) is 0 Å². The molecule has 0 fully saturated rings. The zero-order valence-corrected chi connectivity index (χ0v) is 17.1. The third-order valence-electron chi connectivity index (χ3n) is 4.61. The minimum Gasteiger partial charge on any atom is -0.465 e. The molecule has 1 amide bonds. The van der Waals surface area contributed by atoms with Gasteiger partial charge in [-0.2, -0.15) is 0 Å².